The maximum atomic E-state index is 11.4. The predicted molar refractivity (Wildman–Crippen MR) is 56.7 cm³/mol. The predicted octanol–water partition coefficient (Wildman–Crippen LogP) is 0.239. The lowest BCUT2D eigenvalue weighted by Crippen LogP contribution is -2.24. The summed E-state index contributed by atoms with van der Waals surface area (Å²) in [5, 5.41) is 4.00. The van der Waals surface area contributed by atoms with Crippen LogP contribution in [0.5, 0.6) is 0 Å². The van der Waals surface area contributed by atoms with Gasteiger partial charge in [-0.15, -0.1) is 0 Å². The van der Waals surface area contributed by atoms with Crippen molar-refractivity contribution >= 4 is 18.3 Å². The van der Waals surface area contributed by atoms with Crippen LogP contribution in [0.4, 0.5) is 5.69 Å². The topological polar surface area (TPSA) is 38.1 Å². The maximum Gasteiger partial charge on any atom is 0.268 e. The quantitative estimate of drug-likeness (QED) is 0.709. The molecule has 0 atom stereocenters. The monoisotopic (exact) mass is 199 g/mol. The molecule has 0 aliphatic heterocycles. The molecule has 0 fully saturated rings. The van der Waals surface area contributed by atoms with Crippen LogP contribution < -0.4 is 10.5 Å². The van der Waals surface area contributed by atoms with Crippen LogP contribution in [0.15, 0.2) is 17.1 Å². The van der Waals surface area contributed by atoms with Gasteiger partial charge in [0.25, 0.3) is 5.56 Å². The Labute approximate surface area is 82.6 Å². The van der Waals surface area contributed by atoms with Gasteiger partial charge in [0, 0.05) is 25.9 Å². The lowest BCUT2D eigenvalue weighted by atomic mass is 10.4. The number of hydrogen-bond donors (Lipinski definition) is 1. The van der Waals surface area contributed by atoms with Crippen LogP contribution in [-0.2, 0) is 6.54 Å². The fourth-order valence-corrected chi connectivity index (χ4v) is 1.12. The van der Waals surface area contributed by atoms with Gasteiger partial charge in [-0.2, -0.15) is 17.7 Å². The van der Waals surface area contributed by atoms with Crippen LogP contribution in [0.2, 0.25) is 0 Å². The number of rotatable bonds is 3. The fraction of sp³-hybridized carbons (Fsp3) is 0.500. The molecule has 0 aromatic carbocycles. The summed E-state index contributed by atoms with van der Waals surface area (Å²) < 4.78 is 1.40. The summed E-state index contributed by atoms with van der Waals surface area (Å²) in [7, 11) is 3.75. The van der Waals surface area contributed by atoms with E-state index < -0.39 is 0 Å². The van der Waals surface area contributed by atoms with Gasteiger partial charge in [-0.25, -0.2) is 4.68 Å². The third-order valence-corrected chi connectivity index (χ3v) is 1.88. The molecule has 1 rings (SSSR count). The van der Waals surface area contributed by atoms with E-state index in [1.165, 1.54) is 4.68 Å². The summed E-state index contributed by atoms with van der Waals surface area (Å²) in [6, 6.07) is 1.57. The van der Waals surface area contributed by atoms with Gasteiger partial charge in [0.05, 0.1) is 18.4 Å². The lowest BCUT2D eigenvalue weighted by molar-refractivity contribution is 0.621. The van der Waals surface area contributed by atoms with Crippen LogP contribution in [0, 0.1) is 0 Å². The first kappa shape index (κ1) is 10.1. The van der Waals surface area contributed by atoms with E-state index in [0.717, 1.165) is 5.69 Å². The molecule has 0 spiro atoms. The number of anilines is 1. The number of aryl methyl sites for hydroxylation is 1. The van der Waals surface area contributed by atoms with Crippen molar-refractivity contribution in [2.45, 2.75) is 6.54 Å². The second kappa shape index (κ2) is 4.32. The van der Waals surface area contributed by atoms with Gasteiger partial charge in [-0.3, -0.25) is 4.79 Å². The highest BCUT2D eigenvalue weighted by atomic mass is 32.1. The Balaban J connectivity index is 2.99. The van der Waals surface area contributed by atoms with Crippen molar-refractivity contribution in [1.82, 2.24) is 9.78 Å². The molecule has 0 saturated carbocycles. The molecule has 0 aliphatic carbocycles. The average Bonchev–Trinajstić information content (AvgIpc) is 2.08. The second-order valence-corrected chi connectivity index (χ2v) is 3.34. The van der Waals surface area contributed by atoms with Crippen molar-refractivity contribution < 1.29 is 0 Å². The molecule has 1 aromatic heterocycles. The first-order valence-electron chi connectivity index (χ1n) is 4.00. The van der Waals surface area contributed by atoms with Crippen LogP contribution in [-0.4, -0.2) is 29.6 Å². The van der Waals surface area contributed by atoms with E-state index in [-0.39, 0.29) is 5.56 Å². The highest BCUT2D eigenvalue weighted by molar-refractivity contribution is 7.80. The number of hydrogen-bond acceptors (Lipinski definition) is 4. The Kier molecular flexibility index (Phi) is 3.36. The first-order chi connectivity index (χ1) is 6.15. The zero-order chi connectivity index (χ0) is 9.84. The van der Waals surface area contributed by atoms with E-state index in [1.807, 2.05) is 19.0 Å². The molecule has 0 aliphatic rings. The number of aromatic nitrogens is 2. The summed E-state index contributed by atoms with van der Waals surface area (Å²) in [4.78, 5) is 13.2. The molecule has 1 heterocycles. The SMILES string of the molecule is CN(C)c1cnn(CCS)c(=O)c1. The van der Waals surface area contributed by atoms with Gasteiger partial charge >= 0.3 is 0 Å². The van der Waals surface area contributed by atoms with Crippen molar-refractivity contribution in [2.75, 3.05) is 24.7 Å². The summed E-state index contributed by atoms with van der Waals surface area (Å²) in [6.45, 7) is 0.551. The van der Waals surface area contributed by atoms with Gasteiger partial charge in [-0.1, -0.05) is 0 Å². The van der Waals surface area contributed by atoms with Gasteiger partial charge in [0.1, 0.15) is 0 Å². The van der Waals surface area contributed by atoms with Crippen molar-refractivity contribution in [2.24, 2.45) is 0 Å². The molecule has 0 saturated heterocycles. The van der Waals surface area contributed by atoms with E-state index in [0.29, 0.717) is 12.3 Å². The molecule has 0 amide bonds. The molecule has 0 unspecified atom stereocenters. The van der Waals surface area contributed by atoms with Crippen molar-refractivity contribution in [3.05, 3.63) is 22.6 Å². The van der Waals surface area contributed by atoms with E-state index >= 15 is 0 Å². The third-order valence-electron chi connectivity index (χ3n) is 1.68. The Morgan fingerprint density at radius 2 is 2.31 bits per heavy atom. The maximum absolute atomic E-state index is 11.4. The summed E-state index contributed by atoms with van der Waals surface area (Å²) >= 11 is 4.04. The smallest absolute Gasteiger partial charge is 0.268 e. The largest absolute Gasteiger partial charge is 0.376 e. The summed E-state index contributed by atoms with van der Waals surface area (Å²) in [5.41, 5.74) is 0.737. The van der Waals surface area contributed by atoms with Crippen molar-refractivity contribution in [3.63, 3.8) is 0 Å². The van der Waals surface area contributed by atoms with E-state index in [4.69, 9.17) is 0 Å². The van der Waals surface area contributed by atoms with Crippen molar-refractivity contribution in [3.8, 4) is 0 Å². The minimum absolute atomic E-state index is 0.0831. The Bertz CT molecular complexity index is 334. The highest BCUT2D eigenvalue weighted by Gasteiger charge is 1.99. The number of nitrogens with zero attached hydrogens (tertiary/aromatic N) is 3. The zero-order valence-electron chi connectivity index (χ0n) is 7.77. The molecule has 1 aromatic rings. The minimum Gasteiger partial charge on any atom is -0.376 e. The third kappa shape index (κ3) is 2.48. The van der Waals surface area contributed by atoms with Gasteiger partial charge in [0.15, 0.2) is 0 Å². The van der Waals surface area contributed by atoms with E-state index in [1.54, 1.807) is 12.3 Å². The molecule has 72 valence electrons. The molecule has 0 N–H and O–H groups in total. The Morgan fingerprint density at radius 3 is 2.77 bits per heavy atom. The Morgan fingerprint density at radius 1 is 1.62 bits per heavy atom. The summed E-state index contributed by atoms with van der Waals surface area (Å²) in [6.07, 6.45) is 1.67. The zero-order valence-corrected chi connectivity index (χ0v) is 8.66. The molecule has 13 heavy (non-hydrogen) atoms. The van der Waals surface area contributed by atoms with E-state index in [9.17, 15) is 4.79 Å². The lowest BCUT2D eigenvalue weighted by Gasteiger charge is -2.11. The van der Waals surface area contributed by atoms with Gasteiger partial charge in [0.2, 0.25) is 0 Å². The van der Waals surface area contributed by atoms with Crippen LogP contribution in [0.3, 0.4) is 0 Å². The second-order valence-electron chi connectivity index (χ2n) is 2.89. The highest BCUT2D eigenvalue weighted by Crippen LogP contribution is 2.02. The molecular formula is C8H13N3OS. The van der Waals surface area contributed by atoms with E-state index in [2.05, 4.69) is 17.7 Å². The average molecular weight is 199 g/mol. The standard InChI is InChI=1S/C8H13N3OS/c1-10(2)7-5-8(12)11(3-4-13)9-6-7/h5-6,13H,3-4H2,1-2H3. The van der Waals surface area contributed by atoms with Crippen molar-refractivity contribution in [1.29, 1.82) is 0 Å². The fourth-order valence-electron chi connectivity index (χ4n) is 0.931. The minimum atomic E-state index is -0.0831. The first-order valence-corrected chi connectivity index (χ1v) is 4.63. The van der Waals surface area contributed by atoms with Crippen LogP contribution in [0.1, 0.15) is 0 Å². The number of thiol groups is 1. The Hall–Kier alpha value is -0.970. The molecule has 0 radical (unpaired) electrons. The van der Waals surface area contributed by atoms with Crippen LogP contribution >= 0.6 is 12.6 Å². The molecular weight excluding hydrogens is 186 g/mol. The normalized spacial score (nSPS) is 10.1. The van der Waals surface area contributed by atoms with Gasteiger partial charge < -0.3 is 4.90 Å². The molecule has 5 heteroatoms. The van der Waals surface area contributed by atoms with Crippen LogP contribution in [0.25, 0.3) is 0 Å². The molecule has 4 nitrogen and oxygen atoms in total. The molecule has 0 bridgehead atoms. The van der Waals surface area contributed by atoms with Gasteiger partial charge in [-0.05, 0) is 0 Å². The summed E-state index contributed by atoms with van der Waals surface area (Å²) in [5.74, 6) is 0.619.